The highest BCUT2D eigenvalue weighted by Gasteiger charge is 2.26. The first-order chi connectivity index (χ1) is 9.76. The van der Waals surface area contributed by atoms with Crippen LogP contribution in [0.2, 0.25) is 0 Å². The lowest BCUT2D eigenvalue weighted by molar-refractivity contribution is 0.397. The number of rotatable bonds is 5. The van der Waals surface area contributed by atoms with E-state index in [0.717, 1.165) is 12.8 Å². The van der Waals surface area contributed by atoms with Crippen molar-refractivity contribution < 1.29 is 4.74 Å². The predicted molar refractivity (Wildman–Crippen MR) is 80.0 cm³/mol. The van der Waals surface area contributed by atoms with Gasteiger partial charge in [0, 0.05) is 18.3 Å². The predicted octanol–water partition coefficient (Wildman–Crippen LogP) is 2.69. The first kappa shape index (κ1) is 13.1. The summed E-state index contributed by atoms with van der Waals surface area (Å²) in [5.74, 6) is 1.28. The topological polar surface area (TPSA) is 48.1 Å². The Morgan fingerprint density at radius 2 is 2.15 bits per heavy atom. The van der Waals surface area contributed by atoms with Gasteiger partial charge in [-0.25, -0.2) is 4.98 Å². The zero-order valence-electron chi connectivity index (χ0n) is 11.8. The quantitative estimate of drug-likeness (QED) is 0.907. The minimum absolute atomic E-state index is 0.184. The minimum Gasteiger partial charge on any atom is -0.481 e. The number of benzene rings is 1. The molecule has 0 radical (unpaired) electrons. The molecule has 0 saturated heterocycles. The normalized spacial score (nSPS) is 18.0. The third-order valence-corrected chi connectivity index (χ3v) is 4.05. The minimum atomic E-state index is 0.184. The van der Waals surface area contributed by atoms with Crippen LogP contribution in [0, 0.1) is 0 Å². The van der Waals surface area contributed by atoms with Crippen molar-refractivity contribution in [2.24, 2.45) is 5.73 Å². The summed E-state index contributed by atoms with van der Waals surface area (Å²) in [5, 5.41) is 0. The van der Waals surface area contributed by atoms with Gasteiger partial charge in [0.25, 0.3) is 0 Å². The molecule has 20 heavy (non-hydrogen) atoms. The maximum atomic E-state index is 6.28. The number of pyridine rings is 1. The maximum Gasteiger partial charge on any atom is 0.212 e. The Hall–Kier alpha value is -1.87. The van der Waals surface area contributed by atoms with Gasteiger partial charge in [-0.05, 0) is 41.9 Å². The fourth-order valence-corrected chi connectivity index (χ4v) is 2.98. The van der Waals surface area contributed by atoms with E-state index in [9.17, 15) is 0 Å². The van der Waals surface area contributed by atoms with Gasteiger partial charge in [0.1, 0.15) is 0 Å². The Labute approximate surface area is 119 Å². The second-order valence-electron chi connectivity index (χ2n) is 5.51. The molecule has 2 unspecified atom stereocenters. The first-order valence-electron chi connectivity index (χ1n) is 7.08. The maximum absolute atomic E-state index is 6.28. The van der Waals surface area contributed by atoms with Gasteiger partial charge in [-0.1, -0.05) is 30.3 Å². The Balaban J connectivity index is 1.56. The highest BCUT2D eigenvalue weighted by molar-refractivity contribution is 5.40. The molecule has 0 amide bonds. The van der Waals surface area contributed by atoms with Crippen LogP contribution in [0.15, 0.2) is 42.6 Å². The second-order valence-corrected chi connectivity index (χ2v) is 5.51. The molecule has 2 atom stereocenters. The highest BCUT2D eigenvalue weighted by atomic mass is 16.5. The van der Waals surface area contributed by atoms with E-state index < -0.39 is 0 Å². The Morgan fingerprint density at radius 1 is 1.30 bits per heavy atom. The number of ether oxygens (including phenoxy) is 1. The van der Waals surface area contributed by atoms with Gasteiger partial charge in [-0.15, -0.1) is 0 Å². The summed E-state index contributed by atoms with van der Waals surface area (Å²) in [6.07, 6.45) is 4.94. The fourth-order valence-electron chi connectivity index (χ4n) is 2.98. The molecule has 2 aromatic rings. The highest BCUT2D eigenvalue weighted by Crippen LogP contribution is 2.37. The van der Waals surface area contributed by atoms with Crippen molar-refractivity contribution in [2.75, 3.05) is 7.11 Å². The summed E-state index contributed by atoms with van der Waals surface area (Å²) in [4.78, 5) is 4.22. The van der Waals surface area contributed by atoms with E-state index in [2.05, 4.69) is 29.2 Å². The van der Waals surface area contributed by atoms with Crippen LogP contribution in [0.3, 0.4) is 0 Å². The molecule has 104 valence electrons. The Bertz CT molecular complexity index is 580. The summed E-state index contributed by atoms with van der Waals surface area (Å²) in [5.41, 5.74) is 10.4. The average Bonchev–Trinajstić information content (AvgIpc) is 2.46. The third kappa shape index (κ3) is 2.68. The Morgan fingerprint density at radius 3 is 2.85 bits per heavy atom. The second kappa shape index (κ2) is 5.63. The van der Waals surface area contributed by atoms with Gasteiger partial charge < -0.3 is 10.5 Å². The molecule has 2 N–H and O–H groups in total. The molecule has 0 bridgehead atoms. The van der Waals surface area contributed by atoms with E-state index in [1.165, 1.54) is 23.1 Å². The van der Waals surface area contributed by atoms with Crippen molar-refractivity contribution in [2.45, 2.75) is 31.2 Å². The molecule has 3 heteroatoms. The number of aromatic nitrogens is 1. The van der Waals surface area contributed by atoms with E-state index in [4.69, 9.17) is 10.5 Å². The lowest BCUT2D eigenvalue weighted by atomic mass is 9.74. The van der Waals surface area contributed by atoms with E-state index in [0.29, 0.717) is 11.8 Å². The van der Waals surface area contributed by atoms with Crippen molar-refractivity contribution in [3.05, 3.63) is 59.3 Å². The summed E-state index contributed by atoms with van der Waals surface area (Å²) >= 11 is 0. The van der Waals surface area contributed by atoms with Crippen LogP contribution < -0.4 is 10.5 Å². The molecular weight excluding hydrogens is 248 g/mol. The van der Waals surface area contributed by atoms with Crippen LogP contribution in [0.4, 0.5) is 0 Å². The SMILES string of the molecule is COc1ccc(CC(N)CC2Cc3ccccc32)cn1. The van der Waals surface area contributed by atoms with E-state index in [-0.39, 0.29) is 6.04 Å². The molecule has 3 nitrogen and oxygen atoms in total. The number of hydrogen-bond acceptors (Lipinski definition) is 3. The van der Waals surface area contributed by atoms with Crippen molar-refractivity contribution >= 4 is 0 Å². The van der Waals surface area contributed by atoms with Gasteiger partial charge in [0.05, 0.1) is 7.11 Å². The Kier molecular flexibility index (Phi) is 3.70. The molecule has 0 saturated carbocycles. The summed E-state index contributed by atoms with van der Waals surface area (Å²) in [6, 6.07) is 12.8. The zero-order chi connectivity index (χ0) is 13.9. The number of nitrogens with zero attached hydrogens (tertiary/aromatic N) is 1. The van der Waals surface area contributed by atoms with Crippen molar-refractivity contribution in [1.82, 2.24) is 4.98 Å². The number of methoxy groups -OCH3 is 1. The summed E-state index contributed by atoms with van der Waals surface area (Å²) in [7, 11) is 1.63. The van der Waals surface area contributed by atoms with Crippen LogP contribution >= 0.6 is 0 Å². The lowest BCUT2D eigenvalue weighted by Gasteiger charge is -2.32. The number of fused-ring (bicyclic) bond motifs is 1. The summed E-state index contributed by atoms with van der Waals surface area (Å²) in [6.45, 7) is 0. The zero-order valence-corrected chi connectivity index (χ0v) is 11.8. The van der Waals surface area contributed by atoms with Crippen LogP contribution in [-0.4, -0.2) is 18.1 Å². The molecule has 0 aliphatic heterocycles. The number of hydrogen-bond donors (Lipinski definition) is 1. The molecule has 0 fully saturated rings. The molecule has 1 aromatic heterocycles. The largest absolute Gasteiger partial charge is 0.481 e. The van der Waals surface area contributed by atoms with Gasteiger partial charge in [-0.2, -0.15) is 0 Å². The van der Waals surface area contributed by atoms with Gasteiger partial charge in [0.15, 0.2) is 0 Å². The van der Waals surface area contributed by atoms with Gasteiger partial charge >= 0.3 is 0 Å². The monoisotopic (exact) mass is 268 g/mol. The molecule has 1 aliphatic rings. The molecular formula is C17H20N2O. The lowest BCUT2D eigenvalue weighted by Crippen LogP contribution is -2.29. The molecule has 1 aliphatic carbocycles. The smallest absolute Gasteiger partial charge is 0.212 e. The standard InChI is InChI=1S/C17H20N2O/c1-20-17-7-6-12(11-19-17)8-15(18)10-14-9-13-4-2-3-5-16(13)14/h2-7,11,14-15H,8-10,18H2,1H3. The fraction of sp³-hybridized carbons (Fsp3) is 0.353. The molecule has 1 heterocycles. The number of nitrogens with two attached hydrogens (primary N) is 1. The molecule has 1 aromatic carbocycles. The third-order valence-electron chi connectivity index (χ3n) is 4.05. The van der Waals surface area contributed by atoms with Crippen LogP contribution in [0.1, 0.15) is 29.0 Å². The van der Waals surface area contributed by atoms with E-state index in [1.54, 1.807) is 7.11 Å². The van der Waals surface area contributed by atoms with E-state index in [1.807, 2.05) is 18.3 Å². The van der Waals surface area contributed by atoms with Crippen molar-refractivity contribution in [3.63, 3.8) is 0 Å². The average molecular weight is 268 g/mol. The van der Waals surface area contributed by atoms with Crippen molar-refractivity contribution in [1.29, 1.82) is 0 Å². The van der Waals surface area contributed by atoms with E-state index >= 15 is 0 Å². The van der Waals surface area contributed by atoms with Crippen LogP contribution in [-0.2, 0) is 12.8 Å². The molecule has 0 spiro atoms. The van der Waals surface area contributed by atoms with Crippen LogP contribution in [0.5, 0.6) is 5.88 Å². The van der Waals surface area contributed by atoms with Crippen LogP contribution in [0.25, 0.3) is 0 Å². The van der Waals surface area contributed by atoms with Crippen molar-refractivity contribution in [3.8, 4) is 5.88 Å². The first-order valence-corrected chi connectivity index (χ1v) is 7.08. The van der Waals surface area contributed by atoms with Gasteiger partial charge in [0.2, 0.25) is 5.88 Å². The summed E-state index contributed by atoms with van der Waals surface area (Å²) < 4.78 is 5.06. The van der Waals surface area contributed by atoms with Gasteiger partial charge in [-0.3, -0.25) is 0 Å². The molecule has 3 rings (SSSR count).